The quantitative estimate of drug-likeness (QED) is 0.268. The number of anilines is 2. The van der Waals surface area contributed by atoms with Gasteiger partial charge in [-0.2, -0.15) is 0 Å². The summed E-state index contributed by atoms with van der Waals surface area (Å²) in [6, 6.07) is 22.1. The number of ether oxygens (including phenoxy) is 1. The molecule has 0 bridgehead atoms. The number of carbonyl (C=O) groups excluding carboxylic acids is 1. The maximum Gasteiger partial charge on any atom is 0.243 e. The van der Waals surface area contributed by atoms with Gasteiger partial charge in [-0.25, -0.2) is 15.0 Å². The molecule has 41 heavy (non-hydrogen) atoms. The largest absolute Gasteiger partial charge is 0.439 e. The average molecular weight is 546 g/mol. The Balaban J connectivity index is 1.39. The van der Waals surface area contributed by atoms with Crippen molar-refractivity contribution in [2.24, 2.45) is 7.05 Å². The van der Waals surface area contributed by atoms with Crippen LogP contribution in [0.2, 0.25) is 0 Å². The van der Waals surface area contributed by atoms with Gasteiger partial charge in [-0.15, -0.1) is 0 Å². The molecule has 3 N–H and O–H groups in total. The molecule has 5 aromatic rings. The minimum absolute atomic E-state index is 0.0862. The number of hydrogen-bond acceptors (Lipinski definition) is 7. The van der Waals surface area contributed by atoms with Gasteiger partial charge in [0.05, 0.1) is 11.1 Å². The highest BCUT2D eigenvalue weighted by molar-refractivity contribution is 6.07. The number of nitrogens with two attached hydrogens (primary N) is 1. The van der Waals surface area contributed by atoms with Crippen LogP contribution in [0.15, 0.2) is 85.7 Å². The van der Waals surface area contributed by atoms with E-state index in [-0.39, 0.29) is 11.9 Å². The minimum atomic E-state index is -0.143. The van der Waals surface area contributed by atoms with Crippen LogP contribution in [-0.2, 0) is 11.8 Å². The van der Waals surface area contributed by atoms with Crippen LogP contribution in [0.3, 0.4) is 0 Å². The molecule has 1 amide bonds. The Morgan fingerprint density at radius 3 is 2.68 bits per heavy atom. The number of amides is 1. The van der Waals surface area contributed by atoms with Gasteiger partial charge in [-0.1, -0.05) is 36.9 Å². The van der Waals surface area contributed by atoms with Crippen molar-refractivity contribution in [3.05, 3.63) is 91.4 Å². The topological polar surface area (TPSA) is 111 Å². The van der Waals surface area contributed by atoms with E-state index in [9.17, 15) is 4.79 Å². The summed E-state index contributed by atoms with van der Waals surface area (Å²) in [5, 5.41) is 3.82. The maximum atomic E-state index is 11.8. The summed E-state index contributed by atoms with van der Waals surface area (Å²) in [7, 11) is 2.00. The first-order valence-corrected chi connectivity index (χ1v) is 13.5. The number of aryl methyl sites for hydroxylation is 2. The fourth-order valence-corrected chi connectivity index (χ4v) is 5.50. The number of pyridine rings is 1. The van der Waals surface area contributed by atoms with Crippen molar-refractivity contribution in [2.45, 2.75) is 19.4 Å². The fraction of sp³-hybridized carbons (Fsp3) is 0.188. The standard InChI is InChI=1S/C32H31N7O2/c1-4-26(40)37-23-15-16-39(18-23)24-9-6-8-22(17-24)30-28(29-31(33)34-19-35-32(29)38(30)3)21-11-13-25(14-12-21)41-27-10-5-7-20(2)36-27/h4-14,17,19,23H,1,15-16,18H2,2-3H3,(H,37,40)(H2,33,34,35)/t23-/m0/s1. The van der Waals surface area contributed by atoms with Crippen LogP contribution in [0.25, 0.3) is 33.4 Å². The zero-order valence-electron chi connectivity index (χ0n) is 23.0. The molecule has 206 valence electrons. The van der Waals surface area contributed by atoms with Gasteiger partial charge in [0.25, 0.3) is 0 Å². The highest BCUT2D eigenvalue weighted by atomic mass is 16.5. The first-order chi connectivity index (χ1) is 19.9. The van der Waals surface area contributed by atoms with E-state index in [1.807, 2.05) is 56.4 Å². The third kappa shape index (κ3) is 5.09. The third-order valence-corrected chi connectivity index (χ3v) is 7.43. The summed E-state index contributed by atoms with van der Waals surface area (Å²) in [4.78, 5) is 27.4. The van der Waals surface area contributed by atoms with Gasteiger partial charge in [0.15, 0.2) is 0 Å². The number of rotatable bonds is 7. The summed E-state index contributed by atoms with van der Waals surface area (Å²) in [6.45, 7) is 7.08. The molecule has 0 saturated carbocycles. The Kier molecular flexibility index (Phi) is 6.84. The highest BCUT2D eigenvalue weighted by Crippen LogP contribution is 2.42. The van der Waals surface area contributed by atoms with Crippen molar-refractivity contribution < 1.29 is 9.53 Å². The Morgan fingerprint density at radius 1 is 1.10 bits per heavy atom. The minimum Gasteiger partial charge on any atom is -0.439 e. The Morgan fingerprint density at radius 2 is 1.90 bits per heavy atom. The molecule has 0 unspecified atom stereocenters. The molecule has 9 heteroatoms. The molecular weight excluding hydrogens is 514 g/mol. The van der Waals surface area contributed by atoms with Gasteiger partial charge in [-0.3, -0.25) is 4.79 Å². The van der Waals surface area contributed by atoms with Gasteiger partial charge in [0, 0.05) is 54.8 Å². The number of hydrogen-bond donors (Lipinski definition) is 2. The predicted molar refractivity (Wildman–Crippen MR) is 162 cm³/mol. The van der Waals surface area contributed by atoms with Crippen LogP contribution in [-0.4, -0.2) is 44.6 Å². The normalized spacial score (nSPS) is 14.8. The van der Waals surface area contributed by atoms with E-state index in [1.54, 1.807) is 0 Å². The second kappa shape index (κ2) is 10.8. The van der Waals surface area contributed by atoms with Gasteiger partial charge < -0.3 is 25.3 Å². The van der Waals surface area contributed by atoms with Gasteiger partial charge in [0.2, 0.25) is 11.8 Å². The molecule has 0 spiro atoms. The molecule has 1 fully saturated rings. The van der Waals surface area contributed by atoms with E-state index in [1.165, 1.54) is 12.4 Å². The zero-order chi connectivity index (χ0) is 28.5. The van der Waals surface area contributed by atoms with Crippen molar-refractivity contribution in [1.82, 2.24) is 24.8 Å². The lowest BCUT2D eigenvalue weighted by Gasteiger charge is -2.20. The van der Waals surface area contributed by atoms with Gasteiger partial charge >= 0.3 is 0 Å². The summed E-state index contributed by atoms with van der Waals surface area (Å²) < 4.78 is 8.06. The number of nitrogens with one attached hydrogen (secondary N) is 1. The highest BCUT2D eigenvalue weighted by Gasteiger charge is 2.25. The van der Waals surface area contributed by atoms with Crippen LogP contribution in [0, 0.1) is 6.92 Å². The molecule has 1 aliphatic heterocycles. The lowest BCUT2D eigenvalue weighted by Crippen LogP contribution is -2.36. The second-order valence-corrected chi connectivity index (χ2v) is 10.2. The van der Waals surface area contributed by atoms with E-state index in [0.29, 0.717) is 17.4 Å². The summed E-state index contributed by atoms with van der Waals surface area (Å²) in [6.07, 6.45) is 3.69. The molecule has 0 radical (unpaired) electrons. The molecule has 9 nitrogen and oxygen atoms in total. The van der Waals surface area contributed by atoms with Crippen molar-refractivity contribution in [2.75, 3.05) is 23.7 Å². The van der Waals surface area contributed by atoms with Crippen molar-refractivity contribution in [3.63, 3.8) is 0 Å². The van der Waals surface area contributed by atoms with Crippen molar-refractivity contribution in [1.29, 1.82) is 0 Å². The fourth-order valence-electron chi connectivity index (χ4n) is 5.50. The predicted octanol–water partition coefficient (Wildman–Crippen LogP) is 5.26. The Bertz CT molecular complexity index is 1760. The van der Waals surface area contributed by atoms with E-state index in [2.05, 4.69) is 60.6 Å². The average Bonchev–Trinajstić information content (AvgIpc) is 3.56. The molecule has 1 saturated heterocycles. The Hall–Kier alpha value is -5.18. The number of fused-ring (bicyclic) bond motifs is 1. The molecule has 2 aromatic carbocycles. The van der Waals surface area contributed by atoms with Crippen LogP contribution in [0.1, 0.15) is 12.1 Å². The van der Waals surface area contributed by atoms with E-state index < -0.39 is 0 Å². The van der Waals surface area contributed by atoms with E-state index >= 15 is 0 Å². The molecule has 1 aliphatic rings. The number of aromatic nitrogens is 4. The maximum absolute atomic E-state index is 11.8. The van der Waals surface area contributed by atoms with Gasteiger partial charge in [-0.05, 0) is 55.3 Å². The first-order valence-electron chi connectivity index (χ1n) is 13.5. The number of carbonyl (C=O) groups is 1. The number of nitrogens with zero attached hydrogens (tertiary/aromatic N) is 5. The molecular formula is C32H31N7O2. The van der Waals surface area contributed by atoms with Crippen LogP contribution >= 0.6 is 0 Å². The van der Waals surface area contributed by atoms with Crippen LogP contribution in [0.4, 0.5) is 11.5 Å². The zero-order valence-corrected chi connectivity index (χ0v) is 23.0. The molecule has 4 heterocycles. The first kappa shape index (κ1) is 26.1. The number of benzene rings is 2. The lowest BCUT2D eigenvalue weighted by atomic mass is 9.98. The summed E-state index contributed by atoms with van der Waals surface area (Å²) in [5.41, 5.74) is 13.1. The van der Waals surface area contributed by atoms with E-state index in [0.717, 1.165) is 64.3 Å². The molecule has 0 aliphatic carbocycles. The second-order valence-electron chi connectivity index (χ2n) is 10.2. The molecule has 1 atom stereocenters. The smallest absolute Gasteiger partial charge is 0.243 e. The summed E-state index contributed by atoms with van der Waals surface area (Å²) in [5.74, 6) is 1.52. The third-order valence-electron chi connectivity index (χ3n) is 7.43. The summed E-state index contributed by atoms with van der Waals surface area (Å²) >= 11 is 0. The van der Waals surface area contributed by atoms with Gasteiger partial charge in [0.1, 0.15) is 23.5 Å². The van der Waals surface area contributed by atoms with Crippen LogP contribution in [0.5, 0.6) is 11.6 Å². The lowest BCUT2D eigenvalue weighted by molar-refractivity contribution is -0.117. The molecule has 3 aromatic heterocycles. The van der Waals surface area contributed by atoms with Crippen molar-refractivity contribution >= 4 is 28.4 Å². The van der Waals surface area contributed by atoms with E-state index in [4.69, 9.17) is 10.5 Å². The molecule has 6 rings (SSSR count). The van der Waals surface area contributed by atoms with Crippen molar-refractivity contribution in [3.8, 4) is 34.0 Å². The SMILES string of the molecule is C=CC(=O)N[C@H]1CCN(c2cccc(-c3c(-c4ccc(Oc5cccc(C)n5)cc4)c4c(N)ncnc4n3C)c2)C1. The Labute approximate surface area is 238 Å². The monoisotopic (exact) mass is 545 g/mol. The number of nitrogen functional groups attached to an aromatic ring is 1. The van der Waals surface area contributed by atoms with Crippen LogP contribution < -0.4 is 20.7 Å².